The van der Waals surface area contributed by atoms with Crippen LogP contribution in [0, 0.1) is 0 Å². The second-order valence-electron chi connectivity index (χ2n) is 4.04. The minimum absolute atomic E-state index is 0.0724. The molecule has 0 aliphatic heterocycles. The highest BCUT2D eigenvalue weighted by Gasteiger charge is 2.32. The summed E-state index contributed by atoms with van der Waals surface area (Å²) in [5.41, 5.74) is -0.523. The third-order valence-electron chi connectivity index (χ3n) is 2.47. The van der Waals surface area contributed by atoms with Crippen molar-refractivity contribution in [2.75, 3.05) is 13.6 Å². The van der Waals surface area contributed by atoms with Gasteiger partial charge in [-0.25, -0.2) is 0 Å². The van der Waals surface area contributed by atoms with Gasteiger partial charge in [-0.3, -0.25) is 4.79 Å². The maximum absolute atomic E-state index is 12.7. The van der Waals surface area contributed by atoms with Gasteiger partial charge in [-0.1, -0.05) is 18.2 Å². The Labute approximate surface area is 103 Å². The van der Waals surface area contributed by atoms with Crippen molar-refractivity contribution in [1.29, 1.82) is 0 Å². The molecular weight excluding hydrogens is 247 g/mol. The first-order valence-electron chi connectivity index (χ1n) is 5.36. The Morgan fingerprint density at radius 3 is 2.50 bits per heavy atom. The van der Waals surface area contributed by atoms with Gasteiger partial charge >= 0.3 is 12.1 Å². The van der Waals surface area contributed by atoms with Gasteiger partial charge in [0.05, 0.1) is 12.0 Å². The van der Waals surface area contributed by atoms with E-state index in [0.717, 1.165) is 6.07 Å². The van der Waals surface area contributed by atoms with Gasteiger partial charge in [-0.15, -0.1) is 0 Å². The molecule has 3 nitrogen and oxygen atoms in total. The van der Waals surface area contributed by atoms with Crippen LogP contribution in [0.1, 0.15) is 17.5 Å². The number of carboxylic acid groups (broad SMARTS) is 1. The number of halogens is 3. The van der Waals surface area contributed by atoms with Crippen LogP contribution in [-0.4, -0.2) is 29.6 Å². The molecule has 1 rings (SSSR count). The van der Waals surface area contributed by atoms with Crippen LogP contribution in [0.25, 0.3) is 0 Å². The van der Waals surface area contributed by atoms with Gasteiger partial charge in [-0.05, 0) is 18.7 Å². The summed E-state index contributed by atoms with van der Waals surface area (Å²) in [6.07, 6.45) is -4.48. The first-order chi connectivity index (χ1) is 8.30. The minimum atomic E-state index is -4.38. The first kappa shape index (κ1) is 14.5. The Balaban J connectivity index is 2.75. The summed E-state index contributed by atoms with van der Waals surface area (Å²) >= 11 is 0. The highest BCUT2D eigenvalue weighted by atomic mass is 19.4. The van der Waals surface area contributed by atoms with Gasteiger partial charge < -0.3 is 10.0 Å². The summed E-state index contributed by atoms with van der Waals surface area (Å²) < 4.78 is 38.1. The van der Waals surface area contributed by atoms with Crippen LogP contribution in [0.15, 0.2) is 24.3 Å². The van der Waals surface area contributed by atoms with Gasteiger partial charge in [0.1, 0.15) is 0 Å². The second-order valence-corrected chi connectivity index (χ2v) is 4.04. The molecule has 1 aromatic rings. The van der Waals surface area contributed by atoms with E-state index in [0.29, 0.717) is 0 Å². The SMILES string of the molecule is CN(CCC(=O)O)Cc1ccccc1C(F)(F)F. The molecule has 0 fully saturated rings. The fourth-order valence-corrected chi connectivity index (χ4v) is 1.59. The van der Waals surface area contributed by atoms with E-state index in [1.165, 1.54) is 18.2 Å². The number of aliphatic carboxylic acids is 1. The van der Waals surface area contributed by atoms with Crippen molar-refractivity contribution in [2.45, 2.75) is 19.1 Å². The summed E-state index contributed by atoms with van der Waals surface area (Å²) in [6.45, 7) is 0.282. The maximum atomic E-state index is 12.7. The molecule has 1 N–H and O–H groups in total. The number of rotatable bonds is 5. The average Bonchev–Trinajstić information content (AvgIpc) is 2.25. The molecule has 0 aliphatic rings. The topological polar surface area (TPSA) is 40.5 Å². The molecule has 0 radical (unpaired) electrons. The van der Waals surface area contributed by atoms with Crippen molar-refractivity contribution in [3.8, 4) is 0 Å². The lowest BCUT2D eigenvalue weighted by Gasteiger charge is -2.19. The van der Waals surface area contributed by atoms with Gasteiger partial charge in [0.25, 0.3) is 0 Å². The van der Waals surface area contributed by atoms with Crippen LogP contribution < -0.4 is 0 Å². The Kier molecular flexibility index (Phi) is 4.72. The largest absolute Gasteiger partial charge is 0.481 e. The number of alkyl halides is 3. The van der Waals surface area contributed by atoms with E-state index in [9.17, 15) is 18.0 Å². The Morgan fingerprint density at radius 1 is 1.33 bits per heavy atom. The summed E-state index contributed by atoms with van der Waals surface area (Å²) in [5, 5.41) is 8.51. The van der Waals surface area contributed by atoms with Crippen LogP contribution in [0.5, 0.6) is 0 Å². The van der Waals surface area contributed by atoms with E-state index in [4.69, 9.17) is 5.11 Å². The predicted octanol–water partition coefficient (Wildman–Crippen LogP) is 2.61. The molecule has 0 spiro atoms. The molecule has 0 atom stereocenters. The zero-order valence-corrected chi connectivity index (χ0v) is 9.87. The predicted molar refractivity (Wildman–Crippen MR) is 60.0 cm³/mol. The highest BCUT2D eigenvalue weighted by Crippen LogP contribution is 2.32. The number of nitrogens with zero attached hydrogens (tertiary/aromatic N) is 1. The standard InChI is InChI=1S/C12H14F3NO2/c1-16(7-6-11(17)18)8-9-4-2-3-5-10(9)12(13,14)15/h2-5H,6-8H2,1H3,(H,17,18). The molecule has 0 aliphatic carbocycles. The molecule has 18 heavy (non-hydrogen) atoms. The highest BCUT2D eigenvalue weighted by molar-refractivity contribution is 5.66. The Morgan fingerprint density at radius 2 is 1.94 bits per heavy atom. The van der Waals surface area contributed by atoms with E-state index in [-0.39, 0.29) is 25.1 Å². The van der Waals surface area contributed by atoms with E-state index in [1.54, 1.807) is 11.9 Å². The molecule has 0 saturated carbocycles. The van der Waals surface area contributed by atoms with Crippen molar-refractivity contribution in [3.05, 3.63) is 35.4 Å². The third-order valence-corrected chi connectivity index (χ3v) is 2.47. The summed E-state index contributed by atoms with van der Waals surface area (Å²) in [6, 6.07) is 5.31. The number of benzene rings is 1. The third kappa shape index (κ3) is 4.37. The average molecular weight is 261 g/mol. The second kappa shape index (κ2) is 5.86. The molecule has 0 aromatic heterocycles. The van der Waals surface area contributed by atoms with Crippen molar-refractivity contribution in [1.82, 2.24) is 4.90 Å². The molecule has 6 heteroatoms. The molecule has 0 amide bonds. The van der Waals surface area contributed by atoms with Crippen LogP contribution in [0.3, 0.4) is 0 Å². The molecule has 0 unspecified atom stereocenters. The van der Waals surface area contributed by atoms with Crippen molar-refractivity contribution >= 4 is 5.97 Å². The quantitative estimate of drug-likeness (QED) is 0.885. The van der Waals surface area contributed by atoms with Crippen molar-refractivity contribution < 1.29 is 23.1 Å². The number of carbonyl (C=O) groups is 1. The van der Waals surface area contributed by atoms with Gasteiger partial charge in [0.15, 0.2) is 0 Å². The lowest BCUT2D eigenvalue weighted by Crippen LogP contribution is -2.23. The summed E-state index contributed by atoms with van der Waals surface area (Å²) in [5.74, 6) is -0.967. The van der Waals surface area contributed by atoms with Gasteiger partial charge in [0, 0.05) is 13.1 Å². The summed E-state index contributed by atoms with van der Waals surface area (Å²) in [4.78, 5) is 11.9. The van der Waals surface area contributed by atoms with E-state index in [2.05, 4.69) is 0 Å². The van der Waals surface area contributed by atoms with Gasteiger partial charge in [-0.2, -0.15) is 13.2 Å². The minimum Gasteiger partial charge on any atom is -0.481 e. The van der Waals surface area contributed by atoms with Gasteiger partial charge in [0.2, 0.25) is 0 Å². The number of hydrogen-bond donors (Lipinski definition) is 1. The van der Waals surface area contributed by atoms with E-state index >= 15 is 0 Å². The van der Waals surface area contributed by atoms with E-state index < -0.39 is 17.7 Å². The van der Waals surface area contributed by atoms with Crippen LogP contribution in [-0.2, 0) is 17.5 Å². The molecule has 0 saturated heterocycles. The first-order valence-corrected chi connectivity index (χ1v) is 5.36. The molecule has 0 heterocycles. The molecular formula is C12H14F3NO2. The van der Waals surface area contributed by atoms with Crippen LogP contribution in [0.2, 0.25) is 0 Å². The fraction of sp³-hybridized carbons (Fsp3) is 0.417. The zero-order valence-electron chi connectivity index (χ0n) is 9.87. The van der Waals surface area contributed by atoms with Crippen molar-refractivity contribution in [2.24, 2.45) is 0 Å². The number of carboxylic acids is 1. The van der Waals surface area contributed by atoms with Crippen LogP contribution in [0.4, 0.5) is 13.2 Å². The smallest absolute Gasteiger partial charge is 0.416 e. The fourth-order valence-electron chi connectivity index (χ4n) is 1.59. The molecule has 0 bridgehead atoms. The zero-order chi connectivity index (χ0) is 13.8. The Hall–Kier alpha value is -1.56. The molecule has 1 aromatic carbocycles. The Bertz CT molecular complexity index is 418. The number of hydrogen-bond acceptors (Lipinski definition) is 2. The van der Waals surface area contributed by atoms with Crippen molar-refractivity contribution in [3.63, 3.8) is 0 Å². The lowest BCUT2D eigenvalue weighted by atomic mass is 10.1. The van der Waals surface area contributed by atoms with E-state index in [1.807, 2.05) is 0 Å². The maximum Gasteiger partial charge on any atom is 0.416 e. The normalized spacial score (nSPS) is 11.8. The lowest BCUT2D eigenvalue weighted by molar-refractivity contribution is -0.139. The monoisotopic (exact) mass is 261 g/mol. The summed E-state index contributed by atoms with van der Waals surface area (Å²) in [7, 11) is 1.59. The molecule has 100 valence electrons. The van der Waals surface area contributed by atoms with Crippen LogP contribution >= 0.6 is 0 Å².